The second-order valence-corrected chi connectivity index (χ2v) is 10.0. The minimum absolute atomic E-state index is 0.00204. The molecule has 1 saturated heterocycles. The number of likely N-dealkylation sites (tertiary alicyclic amines) is 1. The van der Waals surface area contributed by atoms with Gasteiger partial charge in [-0.3, -0.25) is 9.59 Å². The predicted octanol–water partition coefficient (Wildman–Crippen LogP) is 4.56. The summed E-state index contributed by atoms with van der Waals surface area (Å²) in [6.45, 7) is 10.5. The van der Waals surface area contributed by atoms with Crippen LogP contribution in [0.2, 0.25) is 0 Å². The van der Waals surface area contributed by atoms with Crippen LogP contribution < -0.4 is 14.2 Å². The van der Waals surface area contributed by atoms with E-state index < -0.39 is 17.7 Å². The third kappa shape index (κ3) is 6.25. The number of aryl methyl sites for hydroxylation is 1. The molecule has 1 atom stereocenters. The molecule has 37 heavy (non-hydrogen) atoms. The van der Waals surface area contributed by atoms with E-state index in [1.54, 1.807) is 43.5 Å². The van der Waals surface area contributed by atoms with Gasteiger partial charge >= 0.3 is 0 Å². The smallest absolute Gasteiger partial charge is 0.295 e. The number of aliphatic hydroxyl groups is 1. The van der Waals surface area contributed by atoms with Crippen LogP contribution in [0.15, 0.2) is 42.0 Å². The van der Waals surface area contributed by atoms with Crippen LogP contribution in [0.4, 0.5) is 0 Å². The molecule has 1 amide bonds. The number of carbonyl (C=O) groups is 2. The molecule has 1 aliphatic rings. The van der Waals surface area contributed by atoms with Crippen LogP contribution in [0.1, 0.15) is 50.4 Å². The maximum atomic E-state index is 13.3. The largest absolute Gasteiger partial charge is 0.507 e. The van der Waals surface area contributed by atoms with E-state index in [1.807, 2.05) is 53.6 Å². The number of methoxy groups -OCH3 is 1. The fraction of sp³-hybridized carbons (Fsp3) is 0.448. The summed E-state index contributed by atoms with van der Waals surface area (Å²) < 4.78 is 17.2. The molecule has 8 nitrogen and oxygen atoms in total. The molecule has 0 radical (unpaired) electrons. The number of hydrogen-bond donors (Lipinski definition) is 1. The van der Waals surface area contributed by atoms with E-state index >= 15 is 0 Å². The molecular weight excluding hydrogens is 472 g/mol. The van der Waals surface area contributed by atoms with Crippen LogP contribution in [-0.4, -0.2) is 73.1 Å². The van der Waals surface area contributed by atoms with Gasteiger partial charge in [-0.15, -0.1) is 0 Å². The summed E-state index contributed by atoms with van der Waals surface area (Å²) in [5, 5.41) is 11.4. The molecule has 8 heteroatoms. The second kappa shape index (κ2) is 11.7. The van der Waals surface area contributed by atoms with Gasteiger partial charge in [0.15, 0.2) is 11.5 Å². The lowest BCUT2D eigenvalue weighted by Gasteiger charge is -2.27. The number of ether oxygens (including phenoxy) is 3. The first-order valence-corrected chi connectivity index (χ1v) is 12.5. The quantitative estimate of drug-likeness (QED) is 0.285. The van der Waals surface area contributed by atoms with Crippen molar-refractivity contribution in [2.45, 2.75) is 52.9 Å². The lowest BCUT2D eigenvalue weighted by Crippen LogP contribution is -2.35. The number of Topliss-reactive ketones (excluding diaryl/α,β-unsaturated/α-hetero) is 1. The number of rotatable bonds is 10. The Hall–Kier alpha value is -3.52. The highest BCUT2D eigenvalue weighted by atomic mass is 16.5. The van der Waals surface area contributed by atoms with Crippen LogP contribution in [0.3, 0.4) is 0 Å². The number of nitrogens with zero attached hydrogens (tertiary/aromatic N) is 2. The Morgan fingerprint density at radius 3 is 2.16 bits per heavy atom. The Balaban J connectivity index is 2.16. The maximum absolute atomic E-state index is 13.3. The number of aliphatic hydroxyl groups excluding tert-OH is 1. The van der Waals surface area contributed by atoms with Crippen molar-refractivity contribution in [1.82, 2.24) is 9.80 Å². The number of ketones is 1. The third-order valence-electron chi connectivity index (χ3n) is 6.01. The lowest BCUT2D eigenvalue weighted by molar-refractivity contribution is -0.140. The van der Waals surface area contributed by atoms with Gasteiger partial charge in [0.1, 0.15) is 11.5 Å². The highest BCUT2D eigenvalue weighted by Gasteiger charge is 2.46. The van der Waals surface area contributed by atoms with Crippen LogP contribution >= 0.6 is 0 Å². The first-order chi connectivity index (χ1) is 17.4. The molecule has 3 rings (SSSR count). The van der Waals surface area contributed by atoms with Gasteiger partial charge in [-0.05, 0) is 90.2 Å². The summed E-state index contributed by atoms with van der Waals surface area (Å²) in [4.78, 5) is 30.0. The van der Waals surface area contributed by atoms with Gasteiger partial charge in [0.05, 0.1) is 30.9 Å². The number of benzene rings is 2. The van der Waals surface area contributed by atoms with E-state index in [-0.39, 0.29) is 23.5 Å². The second-order valence-electron chi connectivity index (χ2n) is 10.0. The number of amides is 1. The van der Waals surface area contributed by atoms with E-state index in [1.165, 1.54) is 4.90 Å². The zero-order valence-corrected chi connectivity index (χ0v) is 23.0. The van der Waals surface area contributed by atoms with Gasteiger partial charge in [0.2, 0.25) is 0 Å². The summed E-state index contributed by atoms with van der Waals surface area (Å²) >= 11 is 0. The summed E-state index contributed by atoms with van der Waals surface area (Å²) in [5.41, 5.74) is 1.94. The molecule has 1 heterocycles. The number of carbonyl (C=O) groups excluding carboxylic acids is 2. The molecule has 1 N–H and O–H groups in total. The van der Waals surface area contributed by atoms with Gasteiger partial charge in [0.25, 0.3) is 11.7 Å². The first kappa shape index (κ1) is 28.1. The highest BCUT2D eigenvalue weighted by Crippen LogP contribution is 2.42. The Bertz CT molecular complexity index is 1180. The Morgan fingerprint density at radius 1 is 0.973 bits per heavy atom. The van der Waals surface area contributed by atoms with Crippen molar-refractivity contribution < 1.29 is 28.9 Å². The molecule has 1 aliphatic heterocycles. The fourth-order valence-corrected chi connectivity index (χ4v) is 4.31. The molecule has 0 bridgehead atoms. The van der Waals surface area contributed by atoms with E-state index in [0.29, 0.717) is 41.5 Å². The van der Waals surface area contributed by atoms with Gasteiger partial charge in [0, 0.05) is 18.7 Å². The average Bonchev–Trinajstić information content (AvgIpc) is 3.08. The number of likely N-dealkylation sites (N-methyl/N-ethyl adjacent to an activating group) is 1. The van der Waals surface area contributed by atoms with Crippen molar-refractivity contribution in [3.05, 3.63) is 58.7 Å². The molecule has 2 aromatic rings. The number of hydrogen-bond acceptors (Lipinski definition) is 7. The van der Waals surface area contributed by atoms with Crippen molar-refractivity contribution in [3.8, 4) is 17.2 Å². The first-order valence-electron chi connectivity index (χ1n) is 12.5. The summed E-state index contributed by atoms with van der Waals surface area (Å²) in [7, 11) is 5.34. The monoisotopic (exact) mass is 510 g/mol. The zero-order chi connectivity index (χ0) is 27.4. The average molecular weight is 511 g/mol. The zero-order valence-electron chi connectivity index (χ0n) is 23.0. The molecule has 0 aliphatic carbocycles. The highest BCUT2D eigenvalue weighted by molar-refractivity contribution is 6.46. The van der Waals surface area contributed by atoms with Crippen molar-refractivity contribution in [1.29, 1.82) is 0 Å². The van der Waals surface area contributed by atoms with Crippen molar-refractivity contribution >= 4 is 17.4 Å². The van der Waals surface area contributed by atoms with Crippen molar-refractivity contribution in [2.24, 2.45) is 0 Å². The van der Waals surface area contributed by atoms with Crippen molar-refractivity contribution in [2.75, 3.05) is 34.3 Å². The normalized spacial score (nSPS) is 17.3. The van der Waals surface area contributed by atoms with Gasteiger partial charge in [-0.2, -0.15) is 0 Å². The third-order valence-corrected chi connectivity index (χ3v) is 6.01. The molecule has 1 fully saturated rings. The molecule has 1 unspecified atom stereocenters. The molecule has 2 aromatic carbocycles. The lowest BCUT2D eigenvalue weighted by atomic mass is 9.94. The van der Waals surface area contributed by atoms with E-state index in [4.69, 9.17) is 14.2 Å². The van der Waals surface area contributed by atoms with E-state index in [0.717, 1.165) is 5.56 Å². The van der Waals surface area contributed by atoms with E-state index in [2.05, 4.69) is 0 Å². The standard InChI is InChI=1S/C29H38N2O6/c1-17(2)36-22-11-10-21(15-19(22)5)27(32)25-26(31(14-13-30(6)7)29(34)28(25)33)20-9-12-23(37-18(3)4)24(16-20)35-8/h9-12,15-18,26,32H,13-14H2,1-8H3/b27-25+. The minimum atomic E-state index is -0.783. The van der Waals surface area contributed by atoms with Crippen LogP contribution in [0.25, 0.3) is 5.76 Å². The molecular formula is C29H38N2O6. The van der Waals surface area contributed by atoms with Gasteiger partial charge < -0.3 is 29.1 Å². The SMILES string of the molecule is COc1cc(C2/C(=C(\O)c3ccc(OC(C)C)c(C)c3)C(=O)C(=O)N2CCN(C)C)ccc1OC(C)C. The summed E-state index contributed by atoms with van der Waals surface area (Å²) in [6, 6.07) is 9.77. The Morgan fingerprint density at radius 2 is 1.59 bits per heavy atom. The predicted molar refractivity (Wildman–Crippen MR) is 143 cm³/mol. The van der Waals surface area contributed by atoms with Crippen molar-refractivity contribution in [3.63, 3.8) is 0 Å². The molecule has 200 valence electrons. The topological polar surface area (TPSA) is 88.5 Å². The summed E-state index contributed by atoms with van der Waals surface area (Å²) in [6.07, 6.45) is -0.0610. The Labute approximate surface area is 219 Å². The Kier molecular flexibility index (Phi) is 8.86. The molecule has 0 aromatic heterocycles. The molecule has 0 saturated carbocycles. The van der Waals surface area contributed by atoms with Gasteiger partial charge in [-0.1, -0.05) is 6.07 Å². The molecule has 0 spiro atoms. The van der Waals surface area contributed by atoms with Crippen LogP contribution in [-0.2, 0) is 9.59 Å². The minimum Gasteiger partial charge on any atom is -0.507 e. The van der Waals surface area contributed by atoms with E-state index in [9.17, 15) is 14.7 Å². The fourth-order valence-electron chi connectivity index (χ4n) is 4.31. The summed E-state index contributed by atoms with van der Waals surface area (Å²) in [5.74, 6) is 0.143. The van der Waals surface area contributed by atoms with Crippen LogP contribution in [0.5, 0.6) is 17.2 Å². The van der Waals surface area contributed by atoms with Gasteiger partial charge in [-0.25, -0.2) is 0 Å². The maximum Gasteiger partial charge on any atom is 0.295 e. The van der Waals surface area contributed by atoms with Crippen LogP contribution in [0, 0.1) is 6.92 Å².